The van der Waals surface area contributed by atoms with Gasteiger partial charge >= 0.3 is 5.97 Å². The van der Waals surface area contributed by atoms with E-state index in [1.807, 2.05) is 0 Å². The first kappa shape index (κ1) is 15.0. The molecule has 0 bridgehead atoms. The Balaban J connectivity index is 2.31. The molecule has 0 saturated carbocycles. The number of likely N-dealkylation sites (tertiary alicyclic amines) is 1. The van der Waals surface area contributed by atoms with Crippen LogP contribution in [0.4, 0.5) is 0 Å². The molecule has 1 unspecified atom stereocenters. The van der Waals surface area contributed by atoms with E-state index >= 15 is 0 Å². The Hall–Kier alpha value is -1.10. The number of rotatable bonds is 6. The van der Waals surface area contributed by atoms with Gasteiger partial charge in [0.25, 0.3) is 0 Å². The Labute approximate surface area is 108 Å². The van der Waals surface area contributed by atoms with Gasteiger partial charge < -0.3 is 14.7 Å². The van der Waals surface area contributed by atoms with Gasteiger partial charge in [-0.1, -0.05) is 6.92 Å². The van der Waals surface area contributed by atoms with Gasteiger partial charge in [-0.05, 0) is 25.7 Å². The summed E-state index contributed by atoms with van der Waals surface area (Å²) in [5, 5.41) is 8.56. The van der Waals surface area contributed by atoms with Crippen LogP contribution in [0.3, 0.4) is 0 Å². The number of hydrogen-bond donors (Lipinski definition) is 1. The predicted octanol–water partition coefficient (Wildman–Crippen LogP) is 1.66. The van der Waals surface area contributed by atoms with Crippen molar-refractivity contribution in [3.05, 3.63) is 0 Å². The Morgan fingerprint density at radius 3 is 2.72 bits per heavy atom. The fourth-order valence-corrected chi connectivity index (χ4v) is 2.14. The highest BCUT2D eigenvalue weighted by atomic mass is 16.5. The number of aliphatic carboxylic acids is 1. The van der Waals surface area contributed by atoms with E-state index in [2.05, 4.69) is 6.92 Å². The molecule has 0 spiro atoms. The predicted molar refractivity (Wildman–Crippen MR) is 67.3 cm³/mol. The molecule has 0 radical (unpaired) electrons. The van der Waals surface area contributed by atoms with Crippen LogP contribution >= 0.6 is 0 Å². The lowest BCUT2D eigenvalue weighted by atomic mass is 10.2. The molecule has 1 aliphatic rings. The largest absolute Gasteiger partial charge is 0.481 e. The van der Waals surface area contributed by atoms with Crippen LogP contribution in [0.2, 0.25) is 0 Å². The summed E-state index contributed by atoms with van der Waals surface area (Å²) in [5.74, 6) is -0.962. The van der Waals surface area contributed by atoms with Crippen LogP contribution in [0.25, 0.3) is 0 Å². The van der Waals surface area contributed by atoms with Crippen molar-refractivity contribution in [3.63, 3.8) is 0 Å². The van der Waals surface area contributed by atoms with Crippen molar-refractivity contribution in [2.24, 2.45) is 0 Å². The first-order chi connectivity index (χ1) is 8.63. The van der Waals surface area contributed by atoms with Gasteiger partial charge in [0.2, 0.25) is 5.91 Å². The number of hydrogen-bond acceptors (Lipinski definition) is 3. The highest BCUT2D eigenvalue weighted by Gasteiger charge is 2.21. The maximum Gasteiger partial charge on any atom is 0.303 e. The van der Waals surface area contributed by atoms with Crippen LogP contribution in [0, 0.1) is 0 Å². The van der Waals surface area contributed by atoms with Gasteiger partial charge in [0.1, 0.15) is 0 Å². The quantitative estimate of drug-likeness (QED) is 0.785. The molecule has 1 fully saturated rings. The Morgan fingerprint density at radius 1 is 1.28 bits per heavy atom. The topological polar surface area (TPSA) is 66.8 Å². The molecule has 5 heteroatoms. The highest BCUT2D eigenvalue weighted by molar-refractivity contribution is 5.80. The minimum absolute atomic E-state index is 0.0476. The summed E-state index contributed by atoms with van der Waals surface area (Å²) in [7, 11) is 0. The minimum Gasteiger partial charge on any atom is -0.481 e. The zero-order valence-corrected chi connectivity index (χ0v) is 11.1. The van der Waals surface area contributed by atoms with Gasteiger partial charge in [-0.15, -0.1) is 0 Å². The zero-order chi connectivity index (χ0) is 13.4. The molecule has 1 saturated heterocycles. The third kappa shape index (κ3) is 5.49. The maximum atomic E-state index is 11.8. The Bertz CT molecular complexity index is 280. The second-order valence-electron chi connectivity index (χ2n) is 4.70. The van der Waals surface area contributed by atoms with Crippen LogP contribution in [0.1, 0.15) is 45.4 Å². The van der Waals surface area contributed by atoms with E-state index in [0.717, 1.165) is 38.8 Å². The molecule has 1 amide bonds. The van der Waals surface area contributed by atoms with Crippen molar-refractivity contribution in [2.45, 2.75) is 51.6 Å². The number of nitrogens with zero attached hydrogens (tertiary/aromatic N) is 1. The van der Waals surface area contributed by atoms with Crippen LogP contribution < -0.4 is 0 Å². The molecule has 1 heterocycles. The number of carboxylic acids is 1. The molecule has 1 atom stereocenters. The summed E-state index contributed by atoms with van der Waals surface area (Å²) >= 11 is 0. The van der Waals surface area contributed by atoms with Gasteiger partial charge in [-0.25, -0.2) is 0 Å². The summed E-state index contributed by atoms with van der Waals surface area (Å²) in [6.45, 7) is 4.27. The lowest BCUT2D eigenvalue weighted by Crippen LogP contribution is -2.32. The molecule has 0 aliphatic carbocycles. The monoisotopic (exact) mass is 257 g/mol. The molecule has 5 nitrogen and oxygen atoms in total. The fraction of sp³-hybridized carbons (Fsp3) is 0.846. The number of carbonyl (C=O) groups is 2. The number of carbonyl (C=O) groups excluding carboxylic acids is 1. The van der Waals surface area contributed by atoms with E-state index in [9.17, 15) is 9.59 Å². The van der Waals surface area contributed by atoms with E-state index in [1.54, 1.807) is 4.90 Å². The van der Waals surface area contributed by atoms with Crippen LogP contribution in [-0.4, -0.2) is 47.7 Å². The van der Waals surface area contributed by atoms with Gasteiger partial charge in [-0.2, -0.15) is 0 Å². The summed E-state index contributed by atoms with van der Waals surface area (Å²) in [5.41, 5.74) is 0. The molecule has 0 aromatic rings. The van der Waals surface area contributed by atoms with E-state index in [-0.39, 0.29) is 24.9 Å². The minimum atomic E-state index is -0.915. The number of carboxylic acid groups (broad SMARTS) is 1. The second-order valence-corrected chi connectivity index (χ2v) is 4.70. The van der Waals surface area contributed by atoms with Gasteiger partial charge in [0.05, 0.1) is 12.5 Å². The summed E-state index contributed by atoms with van der Waals surface area (Å²) in [6, 6.07) is 0. The molecule has 18 heavy (non-hydrogen) atoms. The maximum absolute atomic E-state index is 11.8. The van der Waals surface area contributed by atoms with E-state index in [4.69, 9.17) is 9.84 Å². The Morgan fingerprint density at radius 2 is 2.06 bits per heavy atom. The first-order valence-corrected chi connectivity index (χ1v) is 6.74. The number of ether oxygens (including phenoxy) is 1. The van der Waals surface area contributed by atoms with E-state index in [1.165, 1.54) is 0 Å². The van der Waals surface area contributed by atoms with Crippen molar-refractivity contribution >= 4 is 11.9 Å². The molecule has 0 aromatic heterocycles. The standard InChI is InChI=1S/C13H23NO4/c1-2-10-18-11-4-3-8-14(9-7-11)12(15)5-6-13(16)17/h11H,2-10H2,1H3,(H,16,17). The van der Waals surface area contributed by atoms with Crippen molar-refractivity contribution in [3.8, 4) is 0 Å². The summed E-state index contributed by atoms with van der Waals surface area (Å²) in [4.78, 5) is 24.0. The van der Waals surface area contributed by atoms with E-state index in [0.29, 0.717) is 6.54 Å². The Kier molecular flexibility index (Phi) is 6.72. The van der Waals surface area contributed by atoms with Gasteiger partial charge in [-0.3, -0.25) is 9.59 Å². The molecule has 104 valence electrons. The molecule has 1 rings (SSSR count). The van der Waals surface area contributed by atoms with Crippen LogP contribution in [0.5, 0.6) is 0 Å². The molecule has 1 aliphatic heterocycles. The molecular formula is C13H23NO4. The average molecular weight is 257 g/mol. The third-order valence-electron chi connectivity index (χ3n) is 3.14. The third-order valence-corrected chi connectivity index (χ3v) is 3.14. The van der Waals surface area contributed by atoms with Crippen molar-refractivity contribution in [1.29, 1.82) is 0 Å². The zero-order valence-electron chi connectivity index (χ0n) is 11.1. The first-order valence-electron chi connectivity index (χ1n) is 6.74. The van der Waals surface area contributed by atoms with Crippen molar-refractivity contribution < 1.29 is 19.4 Å². The van der Waals surface area contributed by atoms with Gasteiger partial charge in [0, 0.05) is 26.1 Å². The van der Waals surface area contributed by atoms with Crippen LogP contribution in [0.15, 0.2) is 0 Å². The fourth-order valence-electron chi connectivity index (χ4n) is 2.14. The van der Waals surface area contributed by atoms with Gasteiger partial charge in [0.15, 0.2) is 0 Å². The van der Waals surface area contributed by atoms with E-state index < -0.39 is 5.97 Å². The molecule has 0 aromatic carbocycles. The van der Waals surface area contributed by atoms with Crippen LogP contribution in [-0.2, 0) is 14.3 Å². The lowest BCUT2D eigenvalue weighted by molar-refractivity contribution is -0.140. The molecular weight excluding hydrogens is 234 g/mol. The molecule has 1 N–H and O–H groups in total. The number of amides is 1. The smallest absolute Gasteiger partial charge is 0.303 e. The lowest BCUT2D eigenvalue weighted by Gasteiger charge is -2.20. The highest BCUT2D eigenvalue weighted by Crippen LogP contribution is 2.15. The SMILES string of the molecule is CCCOC1CCCN(C(=O)CCC(=O)O)CC1. The van der Waals surface area contributed by atoms with Crippen molar-refractivity contribution in [2.75, 3.05) is 19.7 Å². The summed E-state index contributed by atoms with van der Waals surface area (Å²) in [6.07, 6.45) is 4.08. The summed E-state index contributed by atoms with van der Waals surface area (Å²) < 4.78 is 5.71. The second kappa shape index (κ2) is 8.08. The van der Waals surface area contributed by atoms with Crippen molar-refractivity contribution in [1.82, 2.24) is 4.90 Å². The normalized spacial score (nSPS) is 20.5. The average Bonchev–Trinajstić information content (AvgIpc) is 2.58.